The number of rotatable bonds is 7. The summed E-state index contributed by atoms with van der Waals surface area (Å²) in [5.74, 6) is 0.679. The molecule has 0 bridgehead atoms. The molecule has 0 saturated carbocycles. The highest BCUT2D eigenvalue weighted by Crippen LogP contribution is 2.23. The molecule has 0 unspecified atom stereocenters. The summed E-state index contributed by atoms with van der Waals surface area (Å²) in [5, 5.41) is 6.71. The van der Waals surface area contributed by atoms with Gasteiger partial charge in [-0.15, -0.1) is 0 Å². The lowest BCUT2D eigenvalue weighted by Crippen LogP contribution is -2.17. The van der Waals surface area contributed by atoms with Crippen LogP contribution in [0.3, 0.4) is 0 Å². The summed E-state index contributed by atoms with van der Waals surface area (Å²) in [7, 11) is 1.56. The number of amides is 1. The lowest BCUT2D eigenvalue weighted by molar-refractivity contribution is 0.102. The second kappa shape index (κ2) is 9.19. The van der Waals surface area contributed by atoms with Crippen molar-refractivity contribution in [3.8, 4) is 5.75 Å². The smallest absolute Gasteiger partial charge is 0.274 e. The zero-order valence-electron chi connectivity index (χ0n) is 15.7. The van der Waals surface area contributed by atoms with E-state index in [2.05, 4.69) is 20.6 Å². The van der Waals surface area contributed by atoms with E-state index in [1.165, 1.54) is 0 Å². The van der Waals surface area contributed by atoms with Crippen molar-refractivity contribution >= 4 is 29.1 Å². The molecule has 28 heavy (non-hydrogen) atoms. The summed E-state index contributed by atoms with van der Waals surface area (Å²) >= 11 is 5.90. The minimum atomic E-state index is -0.323. The Morgan fingerprint density at radius 3 is 2.61 bits per heavy atom. The van der Waals surface area contributed by atoms with Gasteiger partial charge in [-0.2, -0.15) is 0 Å². The number of hydrogen-bond acceptors (Lipinski definition) is 5. The van der Waals surface area contributed by atoms with Gasteiger partial charge in [-0.05, 0) is 49.2 Å². The summed E-state index contributed by atoms with van der Waals surface area (Å²) in [4.78, 5) is 21.3. The van der Waals surface area contributed by atoms with Crippen molar-refractivity contribution in [2.75, 3.05) is 24.3 Å². The molecule has 0 radical (unpaired) electrons. The molecule has 3 aromatic rings. The van der Waals surface area contributed by atoms with Crippen LogP contribution in [0.15, 0.2) is 54.6 Å². The van der Waals surface area contributed by atoms with Crippen LogP contribution in [0.5, 0.6) is 5.75 Å². The molecule has 0 aliphatic rings. The van der Waals surface area contributed by atoms with Crippen LogP contribution < -0.4 is 15.4 Å². The molecule has 0 aliphatic carbocycles. The number of benzene rings is 2. The maximum atomic E-state index is 12.6. The molecule has 6 nitrogen and oxygen atoms in total. The lowest BCUT2D eigenvalue weighted by Gasteiger charge is -2.11. The number of nitrogens with zero attached hydrogens (tertiary/aromatic N) is 2. The van der Waals surface area contributed by atoms with E-state index in [4.69, 9.17) is 16.3 Å². The molecule has 144 valence electrons. The van der Waals surface area contributed by atoms with Gasteiger partial charge in [0.25, 0.3) is 5.91 Å². The van der Waals surface area contributed by atoms with Gasteiger partial charge in [-0.1, -0.05) is 35.9 Å². The highest BCUT2D eigenvalue weighted by atomic mass is 35.5. The zero-order valence-corrected chi connectivity index (χ0v) is 16.5. The van der Waals surface area contributed by atoms with E-state index in [9.17, 15) is 4.79 Å². The van der Waals surface area contributed by atoms with Crippen molar-refractivity contribution in [1.29, 1.82) is 0 Å². The van der Waals surface area contributed by atoms with Crippen molar-refractivity contribution in [3.05, 3.63) is 76.6 Å². The van der Waals surface area contributed by atoms with Crippen LogP contribution in [0.1, 0.15) is 21.7 Å². The van der Waals surface area contributed by atoms with Crippen LogP contribution in [0.25, 0.3) is 0 Å². The van der Waals surface area contributed by atoms with E-state index in [0.717, 1.165) is 12.0 Å². The van der Waals surface area contributed by atoms with Crippen LogP contribution in [0.4, 0.5) is 11.6 Å². The Morgan fingerprint density at radius 2 is 1.86 bits per heavy atom. The van der Waals surface area contributed by atoms with E-state index >= 15 is 0 Å². The highest BCUT2D eigenvalue weighted by Gasteiger charge is 2.13. The predicted molar refractivity (Wildman–Crippen MR) is 111 cm³/mol. The number of aryl methyl sites for hydroxylation is 1. The fourth-order valence-electron chi connectivity index (χ4n) is 2.67. The number of methoxy groups -OCH3 is 1. The summed E-state index contributed by atoms with van der Waals surface area (Å²) in [6, 6.07) is 16.6. The first-order valence-corrected chi connectivity index (χ1v) is 9.21. The quantitative estimate of drug-likeness (QED) is 0.620. The number of aromatic nitrogens is 2. The average Bonchev–Trinajstić information content (AvgIpc) is 2.69. The molecular weight excluding hydrogens is 376 g/mol. The molecule has 0 atom stereocenters. The summed E-state index contributed by atoms with van der Waals surface area (Å²) in [5.41, 5.74) is 2.73. The third kappa shape index (κ3) is 5.20. The number of halogens is 1. The molecule has 0 fully saturated rings. The Balaban J connectivity index is 1.66. The van der Waals surface area contributed by atoms with Crippen LogP contribution >= 0.6 is 11.6 Å². The van der Waals surface area contributed by atoms with E-state index < -0.39 is 0 Å². The molecule has 2 N–H and O–H groups in total. The number of carbonyl (C=O) groups excluding carboxylic acids is 1. The summed E-state index contributed by atoms with van der Waals surface area (Å²) in [6.45, 7) is 2.46. The Kier molecular flexibility index (Phi) is 6.45. The Bertz CT molecular complexity index is 961. The third-order valence-corrected chi connectivity index (χ3v) is 4.30. The van der Waals surface area contributed by atoms with Gasteiger partial charge in [0.1, 0.15) is 11.4 Å². The summed E-state index contributed by atoms with van der Waals surface area (Å²) < 4.78 is 5.26. The molecule has 0 aliphatic heterocycles. The number of hydrogen-bond donors (Lipinski definition) is 2. The van der Waals surface area contributed by atoms with Gasteiger partial charge < -0.3 is 15.4 Å². The SMILES string of the molecule is COc1ccccc1NC(=O)c1cc(C)nc(NCCc2ccc(Cl)cc2)n1. The normalized spacial score (nSPS) is 10.4. The van der Waals surface area contributed by atoms with Gasteiger partial charge >= 0.3 is 0 Å². The number of para-hydroxylation sites is 2. The van der Waals surface area contributed by atoms with Gasteiger partial charge in [0.2, 0.25) is 5.95 Å². The van der Waals surface area contributed by atoms with Gasteiger partial charge in [-0.25, -0.2) is 9.97 Å². The second-order valence-electron chi connectivity index (χ2n) is 6.18. The second-order valence-corrected chi connectivity index (χ2v) is 6.61. The molecular formula is C21H21ClN4O2. The molecule has 1 amide bonds. The van der Waals surface area contributed by atoms with Crippen LogP contribution in [0, 0.1) is 6.92 Å². The summed E-state index contributed by atoms with van der Waals surface area (Å²) in [6.07, 6.45) is 0.789. The number of carbonyl (C=O) groups is 1. The maximum Gasteiger partial charge on any atom is 0.274 e. The average molecular weight is 397 g/mol. The zero-order chi connectivity index (χ0) is 19.9. The van der Waals surface area contributed by atoms with Gasteiger partial charge in [-0.3, -0.25) is 4.79 Å². The van der Waals surface area contributed by atoms with E-state index in [-0.39, 0.29) is 11.6 Å². The molecule has 1 heterocycles. The van der Waals surface area contributed by atoms with Gasteiger partial charge in [0, 0.05) is 17.3 Å². The third-order valence-electron chi connectivity index (χ3n) is 4.05. The molecule has 0 saturated heterocycles. The highest BCUT2D eigenvalue weighted by molar-refractivity contribution is 6.30. The lowest BCUT2D eigenvalue weighted by atomic mass is 10.1. The van der Waals surface area contributed by atoms with Crippen molar-refractivity contribution in [2.24, 2.45) is 0 Å². The largest absolute Gasteiger partial charge is 0.495 e. The van der Waals surface area contributed by atoms with Crippen molar-refractivity contribution < 1.29 is 9.53 Å². The topological polar surface area (TPSA) is 76.1 Å². The van der Waals surface area contributed by atoms with E-state index in [1.54, 1.807) is 25.3 Å². The van der Waals surface area contributed by atoms with Crippen LogP contribution in [-0.2, 0) is 6.42 Å². The first-order valence-electron chi connectivity index (χ1n) is 8.83. The van der Waals surface area contributed by atoms with E-state index in [0.29, 0.717) is 34.6 Å². The Hall–Kier alpha value is -3.12. The number of anilines is 2. The van der Waals surface area contributed by atoms with Crippen molar-refractivity contribution in [2.45, 2.75) is 13.3 Å². The molecule has 0 spiro atoms. The Labute approximate surface area is 168 Å². The predicted octanol–water partition coefficient (Wildman–Crippen LogP) is 4.35. The van der Waals surface area contributed by atoms with Gasteiger partial charge in [0.05, 0.1) is 12.8 Å². The monoisotopic (exact) mass is 396 g/mol. The minimum Gasteiger partial charge on any atom is -0.495 e. The van der Waals surface area contributed by atoms with Crippen LogP contribution in [0.2, 0.25) is 5.02 Å². The molecule has 1 aromatic heterocycles. The standard InChI is InChI=1S/C21H21ClN4O2/c1-14-13-18(20(27)25-17-5-3-4-6-19(17)28-2)26-21(24-14)23-12-11-15-7-9-16(22)10-8-15/h3-10,13H,11-12H2,1-2H3,(H,25,27)(H,23,24,26). The van der Waals surface area contributed by atoms with Crippen molar-refractivity contribution in [1.82, 2.24) is 9.97 Å². The molecule has 7 heteroatoms. The molecule has 2 aromatic carbocycles. The number of nitrogens with one attached hydrogen (secondary N) is 2. The first-order chi connectivity index (χ1) is 13.5. The fourth-order valence-corrected chi connectivity index (χ4v) is 2.79. The van der Waals surface area contributed by atoms with Crippen LogP contribution in [-0.4, -0.2) is 29.5 Å². The first kappa shape index (κ1) is 19.6. The number of ether oxygens (including phenoxy) is 1. The fraction of sp³-hybridized carbons (Fsp3) is 0.190. The molecule has 3 rings (SSSR count). The van der Waals surface area contributed by atoms with Crippen molar-refractivity contribution in [3.63, 3.8) is 0 Å². The van der Waals surface area contributed by atoms with E-state index in [1.807, 2.05) is 43.3 Å². The maximum absolute atomic E-state index is 12.6. The van der Waals surface area contributed by atoms with Gasteiger partial charge in [0.15, 0.2) is 0 Å². The Morgan fingerprint density at radius 1 is 1.11 bits per heavy atom. The minimum absolute atomic E-state index is 0.285.